The molecule has 0 spiro atoms. The molecule has 0 aromatic heterocycles. The molecular formula is C21H27N3S2. The Labute approximate surface area is 167 Å². The molecule has 3 nitrogen and oxygen atoms in total. The van der Waals surface area contributed by atoms with Crippen LogP contribution in [0.5, 0.6) is 0 Å². The molecule has 1 heterocycles. The standard InChI is InChI=1S/C21H27N3S2/c1-23(2)20-9-3-16(4-10-20)15-22-19-7-5-17(6-8-19)18-11-13-24(14-12-18)21(25)26/h3-10,15,18,21,25-26H,11-14H2,1-2H3. The molecule has 0 atom stereocenters. The molecule has 0 aliphatic carbocycles. The molecule has 0 N–H and O–H groups in total. The molecule has 2 aromatic carbocycles. The highest BCUT2D eigenvalue weighted by Crippen LogP contribution is 2.30. The van der Waals surface area contributed by atoms with E-state index >= 15 is 0 Å². The second-order valence-corrected chi connectivity index (χ2v) is 8.38. The molecule has 0 unspecified atom stereocenters. The third-order valence-electron chi connectivity index (χ3n) is 4.99. The topological polar surface area (TPSA) is 18.8 Å². The predicted octanol–water partition coefficient (Wildman–Crippen LogP) is 4.83. The minimum Gasteiger partial charge on any atom is -0.378 e. The molecule has 1 fully saturated rings. The highest BCUT2D eigenvalue weighted by atomic mass is 32.2. The van der Waals surface area contributed by atoms with Crippen molar-refractivity contribution in [2.75, 3.05) is 32.1 Å². The van der Waals surface area contributed by atoms with E-state index < -0.39 is 0 Å². The number of piperidine rings is 1. The van der Waals surface area contributed by atoms with Crippen molar-refractivity contribution in [3.8, 4) is 0 Å². The summed E-state index contributed by atoms with van der Waals surface area (Å²) in [4.78, 5) is 9.01. The fourth-order valence-corrected chi connectivity index (χ4v) is 3.77. The van der Waals surface area contributed by atoms with Crippen molar-refractivity contribution in [3.63, 3.8) is 0 Å². The van der Waals surface area contributed by atoms with Crippen LogP contribution in [0.25, 0.3) is 0 Å². The van der Waals surface area contributed by atoms with Gasteiger partial charge in [0.2, 0.25) is 0 Å². The highest BCUT2D eigenvalue weighted by molar-refractivity contribution is 7.99. The van der Waals surface area contributed by atoms with Crippen LogP contribution < -0.4 is 4.90 Å². The first-order chi connectivity index (χ1) is 12.5. The largest absolute Gasteiger partial charge is 0.378 e. The Morgan fingerprint density at radius 3 is 2.15 bits per heavy atom. The summed E-state index contributed by atoms with van der Waals surface area (Å²) in [5.74, 6) is 0.628. The van der Waals surface area contributed by atoms with Gasteiger partial charge in [-0.2, -0.15) is 0 Å². The number of benzene rings is 2. The molecule has 2 aromatic rings. The first-order valence-electron chi connectivity index (χ1n) is 9.04. The van der Waals surface area contributed by atoms with E-state index in [1.54, 1.807) is 0 Å². The summed E-state index contributed by atoms with van der Waals surface area (Å²) in [5, 5.41) is 0. The van der Waals surface area contributed by atoms with Crippen LogP contribution in [0.4, 0.5) is 11.4 Å². The van der Waals surface area contributed by atoms with Crippen molar-refractivity contribution < 1.29 is 0 Å². The predicted molar refractivity (Wildman–Crippen MR) is 120 cm³/mol. The van der Waals surface area contributed by atoms with Gasteiger partial charge in [0.25, 0.3) is 0 Å². The molecule has 0 bridgehead atoms. The van der Waals surface area contributed by atoms with E-state index in [0.29, 0.717) is 5.92 Å². The summed E-state index contributed by atoms with van der Waals surface area (Å²) in [6, 6.07) is 17.1. The number of rotatable bonds is 5. The zero-order valence-electron chi connectivity index (χ0n) is 15.4. The monoisotopic (exact) mass is 385 g/mol. The van der Waals surface area contributed by atoms with E-state index in [2.05, 4.69) is 88.6 Å². The molecule has 5 heteroatoms. The fraction of sp³-hybridized carbons (Fsp3) is 0.381. The average Bonchev–Trinajstić information content (AvgIpc) is 2.67. The number of anilines is 1. The molecule has 1 aliphatic rings. The Morgan fingerprint density at radius 2 is 1.62 bits per heavy atom. The maximum Gasteiger partial charge on any atom is 0.0969 e. The number of hydrogen-bond donors (Lipinski definition) is 2. The van der Waals surface area contributed by atoms with Crippen LogP contribution in [-0.4, -0.2) is 43.0 Å². The van der Waals surface area contributed by atoms with Crippen molar-refractivity contribution in [3.05, 3.63) is 59.7 Å². The van der Waals surface area contributed by atoms with Gasteiger partial charge in [0.1, 0.15) is 0 Å². The zero-order chi connectivity index (χ0) is 18.5. The van der Waals surface area contributed by atoms with Gasteiger partial charge in [-0.1, -0.05) is 24.3 Å². The van der Waals surface area contributed by atoms with Crippen LogP contribution >= 0.6 is 25.3 Å². The maximum absolute atomic E-state index is 4.61. The van der Waals surface area contributed by atoms with Crippen LogP contribution in [0.2, 0.25) is 0 Å². The third-order valence-corrected chi connectivity index (χ3v) is 5.65. The van der Waals surface area contributed by atoms with Gasteiger partial charge in [-0.25, -0.2) is 0 Å². The number of nitrogens with zero attached hydrogens (tertiary/aromatic N) is 3. The Morgan fingerprint density at radius 1 is 1.00 bits per heavy atom. The van der Waals surface area contributed by atoms with E-state index in [1.807, 2.05) is 20.3 Å². The Kier molecular flexibility index (Phi) is 6.68. The summed E-state index contributed by atoms with van der Waals surface area (Å²) >= 11 is 8.82. The second kappa shape index (κ2) is 8.98. The van der Waals surface area contributed by atoms with Crippen LogP contribution in [0.15, 0.2) is 53.5 Å². The van der Waals surface area contributed by atoms with Gasteiger partial charge in [-0.05, 0) is 54.2 Å². The normalized spacial score (nSPS) is 16.5. The van der Waals surface area contributed by atoms with Crippen molar-refractivity contribution in [1.82, 2.24) is 4.90 Å². The second-order valence-electron chi connectivity index (χ2n) is 6.99. The van der Waals surface area contributed by atoms with Gasteiger partial charge in [-0.3, -0.25) is 9.89 Å². The van der Waals surface area contributed by atoms with Crippen molar-refractivity contribution in [1.29, 1.82) is 0 Å². The van der Waals surface area contributed by atoms with Gasteiger partial charge in [-0.15, -0.1) is 25.3 Å². The molecule has 1 saturated heterocycles. The Bertz CT molecular complexity index is 716. The highest BCUT2D eigenvalue weighted by Gasteiger charge is 2.22. The summed E-state index contributed by atoms with van der Waals surface area (Å²) in [6.45, 7) is 2.12. The SMILES string of the molecule is CN(C)c1ccc(C=Nc2ccc(C3CCN(C(S)S)CC3)cc2)cc1. The lowest BCUT2D eigenvalue weighted by Gasteiger charge is -2.33. The van der Waals surface area contributed by atoms with E-state index in [1.165, 1.54) is 24.1 Å². The van der Waals surface area contributed by atoms with Gasteiger partial charge >= 0.3 is 0 Å². The lowest BCUT2D eigenvalue weighted by Crippen LogP contribution is -2.35. The van der Waals surface area contributed by atoms with E-state index in [9.17, 15) is 0 Å². The van der Waals surface area contributed by atoms with Crippen LogP contribution in [0.1, 0.15) is 29.9 Å². The summed E-state index contributed by atoms with van der Waals surface area (Å²) in [7, 11) is 4.09. The van der Waals surface area contributed by atoms with Crippen molar-refractivity contribution in [2.24, 2.45) is 4.99 Å². The zero-order valence-corrected chi connectivity index (χ0v) is 17.2. The Hall–Kier alpha value is -1.43. The number of aliphatic imine (C=N–C) groups is 1. The maximum atomic E-state index is 4.61. The molecular weight excluding hydrogens is 358 g/mol. The average molecular weight is 386 g/mol. The molecule has 0 amide bonds. The molecule has 1 aliphatic heterocycles. The van der Waals surface area contributed by atoms with Gasteiger partial charge in [0, 0.05) is 39.1 Å². The molecule has 0 radical (unpaired) electrons. The van der Waals surface area contributed by atoms with Crippen LogP contribution in [0.3, 0.4) is 0 Å². The van der Waals surface area contributed by atoms with Crippen molar-refractivity contribution >= 4 is 42.8 Å². The van der Waals surface area contributed by atoms with Crippen LogP contribution in [-0.2, 0) is 0 Å². The molecule has 0 saturated carbocycles. The quantitative estimate of drug-likeness (QED) is 0.437. The number of likely N-dealkylation sites (tertiary alicyclic amines) is 1. The fourth-order valence-electron chi connectivity index (χ4n) is 3.30. The van der Waals surface area contributed by atoms with Gasteiger partial charge in [0.15, 0.2) is 0 Å². The first-order valence-corrected chi connectivity index (χ1v) is 10.1. The van der Waals surface area contributed by atoms with Gasteiger partial charge in [0.05, 0.1) is 10.4 Å². The minimum absolute atomic E-state index is 0.0551. The Balaban J connectivity index is 1.59. The van der Waals surface area contributed by atoms with Crippen molar-refractivity contribution in [2.45, 2.75) is 23.5 Å². The van der Waals surface area contributed by atoms with E-state index in [-0.39, 0.29) is 4.71 Å². The summed E-state index contributed by atoms with van der Waals surface area (Å²) in [5.41, 5.74) is 4.71. The summed E-state index contributed by atoms with van der Waals surface area (Å²) in [6.07, 6.45) is 4.25. The van der Waals surface area contributed by atoms with Crippen LogP contribution in [0, 0.1) is 0 Å². The van der Waals surface area contributed by atoms with Gasteiger partial charge < -0.3 is 4.90 Å². The van der Waals surface area contributed by atoms with E-state index in [0.717, 1.165) is 24.3 Å². The smallest absolute Gasteiger partial charge is 0.0969 e. The minimum atomic E-state index is 0.0551. The van der Waals surface area contributed by atoms with E-state index in [4.69, 9.17) is 0 Å². The third kappa shape index (κ3) is 5.06. The molecule has 26 heavy (non-hydrogen) atoms. The number of hydrogen-bond acceptors (Lipinski definition) is 5. The first kappa shape index (κ1) is 19.3. The lowest BCUT2D eigenvalue weighted by atomic mass is 9.89. The summed E-state index contributed by atoms with van der Waals surface area (Å²) < 4.78 is 0.0551. The molecule has 3 rings (SSSR count). The lowest BCUT2D eigenvalue weighted by molar-refractivity contribution is 0.235. The molecule has 138 valence electrons. The number of thiol groups is 2.